The molecule has 2 aromatic heterocycles. The summed E-state index contributed by atoms with van der Waals surface area (Å²) in [6.45, 7) is 6.00. The second-order valence-electron chi connectivity index (χ2n) is 4.27. The highest BCUT2D eigenvalue weighted by atomic mass is 16.3. The largest absolute Gasteiger partial charge is 0.469 e. The molecule has 2 rings (SSSR count). The summed E-state index contributed by atoms with van der Waals surface area (Å²) < 4.78 is 5.32. The van der Waals surface area contributed by atoms with Crippen LogP contribution in [0.2, 0.25) is 0 Å². The Morgan fingerprint density at radius 1 is 1.41 bits per heavy atom. The SMILES string of the molecule is Cc1cnc(C)c(NC(C)Cc2ccco2)n1. The number of nitrogens with zero attached hydrogens (tertiary/aromatic N) is 2. The van der Waals surface area contributed by atoms with Crippen molar-refractivity contribution in [2.75, 3.05) is 5.32 Å². The van der Waals surface area contributed by atoms with Crippen molar-refractivity contribution >= 4 is 5.82 Å². The molecule has 90 valence electrons. The molecule has 1 N–H and O–H groups in total. The van der Waals surface area contributed by atoms with Gasteiger partial charge in [0, 0.05) is 18.7 Å². The zero-order valence-electron chi connectivity index (χ0n) is 10.4. The Labute approximate surface area is 101 Å². The number of nitrogens with one attached hydrogen (secondary N) is 1. The minimum Gasteiger partial charge on any atom is -0.469 e. The Kier molecular flexibility index (Phi) is 3.42. The number of aryl methyl sites for hydroxylation is 2. The molecule has 0 aliphatic carbocycles. The van der Waals surface area contributed by atoms with Gasteiger partial charge >= 0.3 is 0 Å². The van der Waals surface area contributed by atoms with E-state index in [9.17, 15) is 0 Å². The zero-order valence-corrected chi connectivity index (χ0v) is 10.4. The lowest BCUT2D eigenvalue weighted by Crippen LogP contribution is -2.19. The lowest BCUT2D eigenvalue weighted by Gasteiger charge is -2.14. The molecule has 0 saturated heterocycles. The molecule has 0 saturated carbocycles. The fraction of sp³-hybridized carbons (Fsp3) is 0.385. The number of anilines is 1. The minimum absolute atomic E-state index is 0.260. The second kappa shape index (κ2) is 4.99. The Balaban J connectivity index is 2.02. The van der Waals surface area contributed by atoms with Gasteiger partial charge in [-0.3, -0.25) is 4.98 Å². The highest BCUT2D eigenvalue weighted by molar-refractivity contribution is 5.40. The minimum atomic E-state index is 0.260. The van der Waals surface area contributed by atoms with Crippen molar-refractivity contribution in [1.29, 1.82) is 0 Å². The number of rotatable bonds is 4. The van der Waals surface area contributed by atoms with Crippen LogP contribution in [0.25, 0.3) is 0 Å². The molecule has 1 atom stereocenters. The maximum Gasteiger partial charge on any atom is 0.147 e. The van der Waals surface area contributed by atoms with Crippen molar-refractivity contribution in [2.45, 2.75) is 33.2 Å². The Bertz CT molecular complexity index is 479. The van der Waals surface area contributed by atoms with Crippen LogP contribution in [0.3, 0.4) is 0 Å². The van der Waals surface area contributed by atoms with Gasteiger partial charge < -0.3 is 9.73 Å². The first-order valence-corrected chi connectivity index (χ1v) is 5.74. The smallest absolute Gasteiger partial charge is 0.147 e. The van der Waals surface area contributed by atoms with E-state index in [1.54, 1.807) is 12.5 Å². The molecule has 0 aliphatic heterocycles. The van der Waals surface area contributed by atoms with Crippen LogP contribution < -0.4 is 5.32 Å². The van der Waals surface area contributed by atoms with Crippen LogP contribution in [0.1, 0.15) is 24.1 Å². The predicted octanol–water partition coefficient (Wildman–Crippen LogP) is 2.73. The first kappa shape index (κ1) is 11.6. The van der Waals surface area contributed by atoms with E-state index in [2.05, 4.69) is 22.2 Å². The number of hydrogen-bond donors (Lipinski definition) is 1. The first-order chi connectivity index (χ1) is 8.15. The standard InChI is InChI=1S/C13H17N3O/c1-9(7-12-5-4-6-17-12)15-13-11(3)14-8-10(2)16-13/h4-6,8-9H,7H2,1-3H3,(H,15,16). The molecule has 0 radical (unpaired) electrons. The third-order valence-corrected chi connectivity index (χ3v) is 2.55. The summed E-state index contributed by atoms with van der Waals surface area (Å²) in [5.74, 6) is 1.83. The lowest BCUT2D eigenvalue weighted by atomic mass is 10.2. The van der Waals surface area contributed by atoms with E-state index < -0.39 is 0 Å². The third-order valence-electron chi connectivity index (χ3n) is 2.55. The van der Waals surface area contributed by atoms with Crippen molar-refractivity contribution in [3.8, 4) is 0 Å². The summed E-state index contributed by atoms with van der Waals surface area (Å²) in [7, 11) is 0. The molecule has 0 bridgehead atoms. The van der Waals surface area contributed by atoms with Crippen LogP contribution in [-0.2, 0) is 6.42 Å². The van der Waals surface area contributed by atoms with Gasteiger partial charge in [0.05, 0.1) is 17.7 Å². The van der Waals surface area contributed by atoms with Crippen LogP contribution in [0.15, 0.2) is 29.0 Å². The van der Waals surface area contributed by atoms with Gasteiger partial charge in [-0.05, 0) is 32.9 Å². The van der Waals surface area contributed by atoms with E-state index in [0.717, 1.165) is 29.4 Å². The topological polar surface area (TPSA) is 51.0 Å². The van der Waals surface area contributed by atoms with E-state index in [-0.39, 0.29) is 6.04 Å². The number of furan rings is 1. The quantitative estimate of drug-likeness (QED) is 0.879. The molecule has 0 fully saturated rings. The molecular weight excluding hydrogens is 214 g/mol. The van der Waals surface area contributed by atoms with Gasteiger partial charge in [0.2, 0.25) is 0 Å². The van der Waals surface area contributed by atoms with Crippen molar-refractivity contribution in [1.82, 2.24) is 9.97 Å². The van der Waals surface area contributed by atoms with E-state index >= 15 is 0 Å². The van der Waals surface area contributed by atoms with Crippen LogP contribution in [-0.4, -0.2) is 16.0 Å². The molecule has 2 heterocycles. The molecule has 0 aliphatic rings. The Morgan fingerprint density at radius 3 is 2.94 bits per heavy atom. The molecular formula is C13H17N3O. The van der Waals surface area contributed by atoms with E-state index in [4.69, 9.17) is 4.42 Å². The normalized spacial score (nSPS) is 12.4. The van der Waals surface area contributed by atoms with Crippen molar-refractivity contribution in [3.05, 3.63) is 41.7 Å². The summed E-state index contributed by atoms with van der Waals surface area (Å²) in [5.41, 5.74) is 1.84. The summed E-state index contributed by atoms with van der Waals surface area (Å²) in [4.78, 5) is 8.72. The van der Waals surface area contributed by atoms with Gasteiger partial charge in [-0.25, -0.2) is 4.98 Å². The average molecular weight is 231 g/mol. The zero-order chi connectivity index (χ0) is 12.3. The van der Waals surface area contributed by atoms with Gasteiger partial charge in [-0.15, -0.1) is 0 Å². The van der Waals surface area contributed by atoms with Crippen LogP contribution in [0.4, 0.5) is 5.82 Å². The summed E-state index contributed by atoms with van der Waals surface area (Å²) >= 11 is 0. The van der Waals surface area contributed by atoms with E-state index in [0.29, 0.717) is 0 Å². The van der Waals surface area contributed by atoms with Gasteiger partial charge in [0.15, 0.2) is 0 Å². The molecule has 1 unspecified atom stereocenters. The van der Waals surface area contributed by atoms with Gasteiger partial charge in [-0.2, -0.15) is 0 Å². The monoisotopic (exact) mass is 231 g/mol. The average Bonchev–Trinajstić information content (AvgIpc) is 2.76. The number of aromatic nitrogens is 2. The second-order valence-corrected chi connectivity index (χ2v) is 4.27. The predicted molar refractivity (Wildman–Crippen MR) is 67.0 cm³/mol. The van der Waals surface area contributed by atoms with Crippen LogP contribution >= 0.6 is 0 Å². The fourth-order valence-electron chi connectivity index (χ4n) is 1.69. The van der Waals surface area contributed by atoms with Crippen molar-refractivity contribution in [3.63, 3.8) is 0 Å². The summed E-state index contributed by atoms with van der Waals surface area (Å²) in [6.07, 6.45) is 4.31. The fourth-order valence-corrected chi connectivity index (χ4v) is 1.69. The van der Waals surface area contributed by atoms with Gasteiger partial charge in [0.1, 0.15) is 11.6 Å². The molecule has 0 amide bonds. The third kappa shape index (κ3) is 3.06. The molecule has 4 heteroatoms. The Morgan fingerprint density at radius 2 is 2.24 bits per heavy atom. The molecule has 0 spiro atoms. The van der Waals surface area contributed by atoms with E-state index in [1.165, 1.54) is 0 Å². The summed E-state index contributed by atoms with van der Waals surface area (Å²) in [5, 5.41) is 3.36. The lowest BCUT2D eigenvalue weighted by molar-refractivity contribution is 0.497. The maximum absolute atomic E-state index is 5.32. The molecule has 2 aromatic rings. The Hall–Kier alpha value is -1.84. The maximum atomic E-state index is 5.32. The molecule has 17 heavy (non-hydrogen) atoms. The summed E-state index contributed by atoms with van der Waals surface area (Å²) in [6, 6.07) is 4.14. The molecule has 4 nitrogen and oxygen atoms in total. The van der Waals surface area contributed by atoms with Gasteiger partial charge in [-0.1, -0.05) is 0 Å². The van der Waals surface area contributed by atoms with Crippen LogP contribution in [0.5, 0.6) is 0 Å². The van der Waals surface area contributed by atoms with Crippen molar-refractivity contribution in [2.24, 2.45) is 0 Å². The van der Waals surface area contributed by atoms with Gasteiger partial charge in [0.25, 0.3) is 0 Å². The highest BCUT2D eigenvalue weighted by Gasteiger charge is 2.08. The first-order valence-electron chi connectivity index (χ1n) is 5.74. The molecule has 0 aromatic carbocycles. The van der Waals surface area contributed by atoms with Crippen LogP contribution in [0, 0.1) is 13.8 Å². The van der Waals surface area contributed by atoms with E-state index in [1.807, 2.05) is 26.0 Å². The van der Waals surface area contributed by atoms with Crippen molar-refractivity contribution < 1.29 is 4.42 Å². The number of hydrogen-bond acceptors (Lipinski definition) is 4. The highest BCUT2D eigenvalue weighted by Crippen LogP contribution is 2.12.